The van der Waals surface area contributed by atoms with Crippen molar-refractivity contribution in [3.8, 4) is 0 Å². The van der Waals surface area contributed by atoms with Crippen molar-refractivity contribution in [2.24, 2.45) is 0 Å². The molecule has 0 saturated carbocycles. The highest BCUT2D eigenvalue weighted by molar-refractivity contribution is 9.10. The molecule has 10 heteroatoms. The smallest absolute Gasteiger partial charge is 0.337 e. The van der Waals surface area contributed by atoms with E-state index in [0.29, 0.717) is 16.6 Å². The molecule has 0 unspecified atom stereocenters. The van der Waals surface area contributed by atoms with Crippen LogP contribution in [-0.2, 0) is 16.4 Å². The van der Waals surface area contributed by atoms with Gasteiger partial charge in [-0.2, -0.15) is 13.2 Å². The van der Waals surface area contributed by atoms with Gasteiger partial charge in [0.05, 0.1) is 4.90 Å². The van der Waals surface area contributed by atoms with Crippen molar-refractivity contribution >= 4 is 31.7 Å². The first-order valence-electron chi connectivity index (χ1n) is 7.04. The fourth-order valence-corrected chi connectivity index (χ4v) is 3.29. The van der Waals surface area contributed by atoms with Crippen molar-refractivity contribution in [3.05, 3.63) is 63.9 Å². The van der Waals surface area contributed by atoms with Crippen LogP contribution >= 0.6 is 15.9 Å². The highest BCUT2D eigenvalue weighted by atomic mass is 79.9. The lowest BCUT2D eigenvalue weighted by Crippen LogP contribution is -2.27. The summed E-state index contributed by atoms with van der Waals surface area (Å²) in [6.07, 6.45) is 0. The Labute approximate surface area is 155 Å². The zero-order valence-corrected chi connectivity index (χ0v) is 15.6. The second kappa shape index (κ2) is 7.36. The molecular weight excluding hydrogens is 442 g/mol. The first kappa shape index (κ1) is 20.4. The molecule has 0 fully saturated rings. The van der Waals surface area contributed by atoms with Gasteiger partial charge in [0.15, 0.2) is 0 Å². The first-order valence-corrected chi connectivity index (χ1v) is 9.32. The number of alkyl halides is 3. The van der Waals surface area contributed by atoms with Gasteiger partial charge in [-0.3, -0.25) is 4.79 Å². The van der Waals surface area contributed by atoms with Gasteiger partial charge in [-0.1, -0.05) is 15.9 Å². The van der Waals surface area contributed by atoms with E-state index in [1.54, 1.807) is 0 Å². The van der Waals surface area contributed by atoms with Crippen LogP contribution < -0.4 is 0 Å². The zero-order chi connectivity index (χ0) is 19.7. The summed E-state index contributed by atoms with van der Waals surface area (Å²) in [5.41, 5.74) is -5.20. The maximum absolute atomic E-state index is 13.8. The average molecular weight is 454 g/mol. The summed E-state index contributed by atoms with van der Waals surface area (Å²) in [5, 5.41) is 0. The van der Waals surface area contributed by atoms with E-state index in [9.17, 15) is 30.8 Å². The van der Waals surface area contributed by atoms with E-state index in [0.717, 1.165) is 17.0 Å². The van der Waals surface area contributed by atoms with Crippen molar-refractivity contribution in [2.75, 3.05) is 7.05 Å². The molecule has 2 aromatic rings. The molecule has 2 aromatic carbocycles. The summed E-state index contributed by atoms with van der Waals surface area (Å²) in [4.78, 5) is 12.5. The van der Waals surface area contributed by atoms with E-state index >= 15 is 0 Å². The topological polar surface area (TPSA) is 54.5 Å². The summed E-state index contributed by atoms with van der Waals surface area (Å²) in [5.74, 6) is -1.11. The number of rotatable bonds is 4. The van der Waals surface area contributed by atoms with E-state index in [1.807, 2.05) is 0 Å². The Balaban J connectivity index is 2.21. The fraction of sp³-hybridized carbons (Fsp3) is 0.188. The number of benzene rings is 2. The first-order chi connectivity index (χ1) is 11.9. The summed E-state index contributed by atoms with van der Waals surface area (Å²) in [6.45, 7) is -0.0767. The molecule has 0 spiro atoms. The van der Waals surface area contributed by atoms with Crippen LogP contribution in [0.15, 0.2) is 51.8 Å². The monoisotopic (exact) mass is 453 g/mol. The minimum absolute atomic E-state index is 0.0240. The molecule has 0 aromatic heterocycles. The Kier molecular flexibility index (Phi) is 5.76. The normalized spacial score (nSPS) is 12.1. The number of amides is 1. The van der Waals surface area contributed by atoms with Gasteiger partial charge in [0, 0.05) is 29.2 Å². The Hall–Kier alpha value is -1.94. The van der Waals surface area contributed by atoms with Gasteiger partial charge >= 0.3 is 5.51 Å². The van der Waals surface area contributed by atoms with Crippen LogP contribution in [0.4, 0.5) is 17.6 Å². The molecule has 0 atom stereocenters. The Morgan fingerprint density at radius 1 is 1.12 bits per heavy atom. The van der Waals surface area contributed by atoms with E-state index in [2.05, 4.69) is 15.9 Å². The van der Waals surface area contributed by atoms with Crippen LogP contribution in [0.5, 0.6) is 0 Å². The number of hydrogen-bond donors (Lipinski definition) is 0. The van der Waals surface area contributed by atoms with Crippen LogP contribution in [0.25, 0.3) is 0 Å². The standard InChI is InChI=1S/C16H12BrF4NO3S/c1-22(9-11-8-12(17)4-7-14(11)18)15(23)10-2-5-13(6-3-10)26(24,25)16(19,20)21/h2-8H,9H2,1H3. The molecule has 0 aliphatic rings. The molecule has 4 nitrogen and oxygen atoms in total. The van der Waals surface area contributed by atoms with Crippen molar-refractivity contribution in [3.63, 3.8) is 0 Å². The number of hydrogen-bond acceptors (Lipinski definition) is 3. The van der Waals surface area contributed by atoms with E-state index < -0.39 is 32.0 Å². The Bertz CT molecular complexity index is 928. The predicted molar refractivity (Wildman–Crippen MR) is 89.6 cm³/mol. The Morgan fingerprint density at radius 3 is 2.23 bits per heavy atom. The molecule has 0 radical (unpaired) electrons. The van der Waals surface area contributed by atoms with Gasteiger partial charge in [-0.05, 0) is 42.5 Å². The average Bonchev–Trinajstić information content (AvgIpc) is 2.56. The molecule has 0 aliphatic heterocycles. The van der Waals surface area contributed by atoms with Gasteiger partial charge in [0.1, 0.15) is 5.82 Å². The molecule has 0 heterocycles. The lowest BCUT2D eigenvalue weighted by atomic mass is 10.1. The third-order valence-electron chi connectivity index (χ3n) is 3.48. The predicted octanol–water partition coefficient (Wildman–Crippen LogP) is 4.15. The van der Waals surface area contributed by atoms with Crippen LogP contribution in [0.2, 0.25) is 0 Å². The van der Waals surface area contributed by atoms with Crippen LogP contribution in [-0.4, -0.2) is 31.8 Å². The van der Waals surface area contributed by atoms with Gasteiger partial charge in [0.25, 0.3) is 15.7 Å². The van der Waals surface area contributed by atoms with E-state index in [1.165, 1.54) is 25.2 Å². The molecule has 1 amide bonds. The van der Waals surface area contributed by atoms with E-state index in [4.69, 9.17) is 0 Å². The van der Waals surface area contributed by atoms with Gasteiger partial charge < -0.3 is 4.90 Å². The highest BCUT2D eigenvalue weighted by Crippen LogP contribution is 2.30. The zero-order valence-electron chi connectivity index (χ0n) is 13.2. The van der Waals surface area contributed by atoms with Crippen molar-refractivity contribution < 1.29 is 30.8 Å². The van der Waals surface area contributed by atoms with Gasteiger partial charge in [0.2, 0.25) is 0 Å². The van der Waals surface area contributed by atoms with Crippen molar-refractivity contribution in [1.29, 1.82) is 0 Å². The molecule has 26 heavy (non-hydrogen) atoms. The maximum atomic E-state index is 13.8. The third kappa shape index (κ3) is 4.24. The fourth-order valence-electron chi connectivity index (χ4n) is 2.12. The molecule has 0 N–H and O–H groups in total. The van der Waals surface area contributed by atoms with Gasteiger partial charge in [-0.25, -0.2) is 12.8 Å². The second-order valence-corrected chi connectivity index (χ2v) is 8.23. The minimum atomic E-state index is -5.48. The molecule has 0 saturated heterocycles. The summed E-state index contributed by atoms with van der Waals surface area (Å²) in [6, 6.07) is 7.61. The molecule has 140 valence electrons. The third-order valence-corrected chi connectivity index (χ3v) is 5.47. The van der Waals surface area contributed by atoms with E-state index in [-0.39, 0.29) is 17.7 Å². The lowest BCUT2D eigenvalue weighted by Gasteiger charge is -2.18. The van der Waals surface area contributed by atoms with Crippen LogP contribution in [0, 0.1) is 5.82 Å². The maximum Gasteiger partial charge on any atom is 0.501 e. The quantitative estimate of drug-likeness (QED) is 0.653. The molecule has 0 bridgehead atoms. The Morgan fingerprint density at radius 2 is 1.69 bits per heavy atom. The highest BCUT2D eigenvalue weighted by Gasteiger charge is 2.46. The van der Waals surface area contributed by atoms with Crippen LogP contribution in [0.1, 0.15) is 15.9 Å². The number of nitrogens with zero attached hydrogens (tertiary/aromatic N) is 1. The van der Waals surface area contributed by atoms with Crippen molar-refractivity contribution in [2.45, 2.75) is 16.9 Å². The number of halogens is 5. The minimum Gasteiger partial charge on any atom is -0.337 e. The summed E-state index contributed by atoms with van der Waals surface area (Å²) >= 11 is 3.19. The second-order valence-electron chi connectivity index (χ2n) is 5.37. The molecular formula is C16H12BrF4NO3S. The number of carbonyl (C=O) groups excluding carboxylic acids is 1. The number of carbonyl (C=O) groups is 1. The molecule has 2 rings (SSSR count). The lowest BCUT2D eigenvalue weighted by molar-refractivity contribution is -0.0436. The van der Waals surface area contributed by atoms with Gasteiger partial charge in [-0.15, -0.1) is 0 Å². The summed E-state index contributed by atoms with van der Waals surface area (Å²) < 4.78 is 74.6. The SMILES string of the molecule is CN(Cc1cc(Br)ccc1F)C(=O)c1ccc(S(=O)(=O)C(F)(F)F)cc1. The van der Waals surface area contributed by atoms with Crippen LogP contribution in [0.3, 0.4) is 0 Å². The molecule has 0 aliphatic carbocycles. The van der Waals surface area contributed by atoms with Crippen molar-refractivity contribution in [1.82, 2.24) is 4.90 Å². The largest absolute Gasteiger partial charge is 0.501 e. The summed E-state index contributed by atoms with van der Waals surface area (Å²) in [7, 11) is -4.09. The number of sulfone groups is 1.